The average molecular weight is 372 g/mol. The fourth-order valence-corrected chi connectivity index (χ4v) is 4.43. The molecule has 0 unspecified atom stereocenters. The summed E-state index contributed by atoms with van der Waals surface area (Å²) < 4.78 is 1.26. The van der Waals surface area contributed by atoms with E-state index in [2.05, 4.69) is 91.7 Å². The molecule has 1 heterocycles. The monoisotopic (exact) mass is 371 g/mol. The molecule has 27 heavy (non-hydrogen) atoms. The normalized spacial score (nSPS) is 12.3. The fraction of sp³-hybridized carbons (Fsp3) is 0.120. The third-order valence-electron chi connectivity index (χ3n) is 4.46. The summed E-state index contributed by atoms with van der Waals surface area (Å²) >= 11 is 1.80. The van der Waals surface area contributed by atoms with Crippen LogP contribution in [0.3, 0.4) is 0 Å². The van der Waals surface area contributed by atoms with E-state index in [1.807, 2.05) is 19.9 Å². The molecule has 0 bridgehead atoms. The van der Waals surface area contributed by atoms with Gasteiger partial charge in [0.2, 0.25) is 0 Å². The van der Waals surface area contributed by atoms with Crippen LogP contribution in [0.4, 0.5) is 11.4 Å². The molecule has 0 aliphatic carbocycles. The Hall–Kier alpha value is -2.84. The van der Waals surface area contributed by atoms with E-state index in [-0.39, 0.29) is 0 Å². The summed E-state index contributed by atoms with van der Waals surface area (Å²) in [5.74, 6) is 0. The number of nitrogens with one attached hydrogen (secondary N) is 1. The summed E-state index contributed by atoms with van der Waals surface area (Å²) in [6, 6.07) is 15.0. The van der Waals surface area contributed by atoms with Gasteiger partial charge in [0.1, 0.15) is 0 Å². The van der Waals surface area contributed by atoms with Gasteiger partial charge in [0.05, 0.1) is 10.4 Å². The Labute approximate surface area is 166 Å². The number of allylic oxidation sites excluding steroid dienone is 5. The predicted octanol–water partition coefficient (Wildman–Crippen LogP) is 8.30. The quantitative estimate of drug-likeness (QED) is 0.430. The standard InChI is InChI=1S/C25H25NS/c1-5-10-18(7-3)19-14-16-20(17-15-19)26-23-13-9-12-22-21(8-4)24(11-6-2)27-25(22)23/h5-17,26H,4H2,1-3H3/b10-5-,11-6-,18-7+. The van der Waals surface area contributed by atoms with Gasteiger partial charge in [-0.05, 0) is 61.7 Å². The first-order valence-electron chi connectivity index (χ1n) is 9.19. The van der Waals surface area contributed by atoms with Crippen molar-refractivity contribution in [1.29, 1.82) is 0 Å². The minimum absolute atomic E-state index is 1.09. The molecule has 2 heteroatoms. The Morgan fingerprint density at radius 1 is 1.00 bits per heavy atom. The third kappa shape index (κ3) is 3.96. The van der Waals surface area contributed by atoms with Gasteiger partial charge in [-0.25, -0.2) is 0 Å². The third-order valence-corrected chi connectivity index (χ3v) is 5.68. The maximum absolute atomic E-state index is 4.00. The molecule has 2 aromatic carbocycles. The number of thiophene rings is 1. The van der Waals surface area contributed by atoms with Crippen molar-refractivity contribution >= 4 is 50.5 Å². The van der Waals surface area contributed by atoms with Crippen LogP contribution < -0.4 is 5.32 Å². The van der Waals surface area contributed by atoms with Gasteiger partial charge < -0.3 is 5.32 Å². The molecule has 1 N–H and O–H groups in total. The maximum atomic E-state index is 4.00. The lowest BCUT2D eigenvalue weighted by atomic mass is 10.0. The van der Waals surface area contributed by atoms with Gasteiger partial charge in [0, 0.05) is 16.0 Å². The summed E-state index contributed by atoms with van der Waals surface area (Å²) in [5, 5.41) is 4.83. The second-order valence-electron chi connectivity index (χ2n) is 6.21. The van der Waals surface area contributed by atoms with Crippen LogP contribution >= 0.6 is 11.3 Å². The van der Waals surface area contributed by atoms with Crippen molar-refractivity contribution in [2.24, 2.45) is 0 Å². The Kier molecular flexibility index (Phi) is 6.10. The maximum Gasteiger partial charge on any atom is 0.0590 e. The number of rotatable bonds is 6. The molecular formula is C25H25NS. The first-order chi connectivity index (χ1) is 13.2. The fourth-order valence-electron chi connectivity index (χ4n) is 3.18. The molecule has 0 radical (unpaired) electrons. The molecule has 0 amide bonds. The molecule has 0 saturated heterocycles. The zero-order valence-electron chi connectivity index (χ0n) is 16.1. The lowest BCUT2D eigenvalue weighted by Crippen LogP contribution is -1.91. The Morgan fingerprint density at radius 3 is 2.41 bits per heavy atom. The van der Waals surface area contributed by atoms with Gasteiger partial charge in [0.25, 0.3) is 0 Å². The van der Waals surface area contributed by atoms with E-state index in [1.165, 1.54) is 31.7 Å². The highest BCUT2D eigenvalue weighted by Crippen LogP contribution is 2.38. The van der Waals surface area contributed by atoms with E-state index in [9.17, 15) is 0 Å². The van der Waals surface area contributed by atoms with E-state index < -0.39 is 0 Å². The molecule has 0 saturated carbocycles. The van der Waals surface area contributed by atoms with Gasteiger partial charge in [-0.15, -0.1) is 11.3 Å². The second-order valence-corrected chi connectivity index (χ2v) is 7.26. The molecule has 1 nitrogen and oxygen atoms in total. The number of benzene rings is 2. The molecular weight excluding hydrogens is 346 g/mol. The van der Waals surface area contributed by atoms with Crippen LogP contribution in [0.2, 0.25) is 0 Å². The van der Waals surface area contributed by atoms with Gasteiger partial charge in [-0.3, -0.25) is 0 Å². The summed E-state index contributed by atoms with van der Waals surface area (Å²) in [4.78, 5) is 1.25. The first kappa shape index (κ1) is 18.9. The van der Waals surface area contributed by atoms with Crippen molar-refractivity contribution in [3.8, 4) is 0 Å². The Balaban J connectivity index is 1.96. The van der Waals surface area contributed by atoms with Crippen molar-refractivity contribution in [3.05, 3.63) is 89.4 Å². The molecule has 0 aliphatic rings. The molecule has 0 atom stereocenters. The molecule has 1 aromatic heterocycles. The van der Waals surface area contributed by atoms with Crippen LogP contribution in [0.15, 0.2) is 73.3 Å². The van der Waals surface area contributed by atoms with Gasteiger partial charge >= 0.3 is 0 Å². The summed E-state index contributed by atoms with van der Waals surface area (Å²) in [6.07, 6.45) is 12.5. The van der Waals surface area contributed by atoms with E-state index in [4.69, 9.17) is 0 Å². The van der Waals surface area contributed by atoms with Crippen molar-refractivity contribution in [2.75, 3.05) is 5.32 Å². The summed E-state index contributed by atoms with van der Waals surface area (Å²) in [5.41, 5.74) is 5.87. The van der Waals surface area contributed by atoms with Crippen LogP contribution in [0.1, 0.15) is 36.8 Å². The first-order valence-corrected chi connectivity index (χ1v) is 10.0. The van der Waals surface area contributed by atoms with E-state index in [0.29, 0.717) is 0 Å². The average Bonchev–Trinajstić information content (AvgIpc) is 3.05. The van der Waals surface area contributed by atoms with Crippen LogP contribution in [0.25, 0.3) is 27.8 Å². The van der Waals surface area contributed by atoms with Crippen molar-refractivity contribution in [2.45, 2.75) is 20.8 Å². The molecule has 0 spiro atoms. The minimum Gasteiger partial charge on any atom is -0.354 e. The van der Waals surface area contributed by atoms with Gasteiger partial charge in [-0.2, -0.15) is 0 Å². The number of hydrogen-bond donors (Lipinski definition) is 1. The summed E-state index contributed by atoms with van der Waals surface area (Å²) in [6.45, 7) is 10.2. The smallest absolute Gasteiger partial charge is 0.0590 e. The molecule has 136 valence electrons. The Bertz CT molecular complexity index is 1030. The molecule has 0 fully saturated rings. The van der Waals surface area contributed by atoms with Crippen LogP contribution in [0.5, 0.6) is 0 Å². The zero-order valence-corrected chi connectivity index (χ0v) is 16.9. The van der Waals surface area contributed by atoms with Gasteiger partial charge in [-0.1, -0.05) is 61.2 Å². The van der Waals surface area contributed by atoms with Gasteiger partial charge in [0.15, 0.2) is 0 Å². The van der Waals surface area contributed by atoms with Crippen LogP contribution in [-0.2, 0) is 0 Å². The van der Waals surface area contributed by atoms with Crippen LogP contribution in [-0.4, -0.2) is 0 Å². The van der Waals surface area contributed by atoms with Crippen molar-refractivity contribution in [3.63, 3.8) is 0 Å². The largest absolute Gasteiger partial charge is 0.354 e. The summed E-state index contributed by atoms with van der Waals surface area (Å²) in [7, 11) is 0. The highest BCUT2D eigenvalue weighted by Gasteiger charge is 2.11. The lowest BCUT2D eigenvalue weighted by Gasteiger charge is -2.09. The highest BCUT2D eigenvalue weighted by atomic mass is 32.1. The lowest BCUT2D eigenvalue weighted by molar-refractivity contribution is 1.54. The minimum atomic E-state index is 1.09. The topological polar surface area (TPSA) is 12.0 Å². The molecule has 3 aromatic rings. The SMILES string of the molecule is C=Cc1c(/C=C\C)sc2c(Nc3ccc(C(/C=C\C)=C/C)cc3)cccc12. The van der Waals surface area contributed by atoms with E-state index >= 15 is 0 Å². The number of hydrogen-bond acceptors (Lipinski definition) is 2. The van der Waals surface area contributed by atoms with E-state index in [1.54, 1.807) is 11.3 Å². The highest BCUT2D eigenvalue weighted by molar-refractivity contribution is 7.20. The number of anilines is 2. The van der Waals surface area contributed by atoms with Crippen molar-refractivity contribution < 1.29 is 0 Å². The van der Waals surface area contributed by atoms with Crippen LogP contribution in [0, 0.1) is 0 Å². The number of fused-ring (bicyclic) bond motifs is 1. The predicted molar refractivity (Wildman–Crippen MR) is 125 cm³/mol. The molecule has 0 aliphatic heterocycles. The van der Waals surface area contributed by atoms with Crippen molar-refractivity contribution in [1.82, 2.24) is 0 Å². The Morgan fingerprint density at radius 2 is 1.78 bits per heavy atom. The second kappa shape index (κ2) is 8.70. The van der Waals surface area contributed by atoms with E-state index in [0.717, 1.165) is 11.4 Å². The molecule has 3 rings (SSSR count). The zero-order chi connectivity index (χ0) is 19.2.